The largest absolute Gasteiger partial charge is 0.329 e. The maximum Gasteiger partial charge on any atom is 0.266 e. The van der Waals surface area contributed by atoms with Gasteiger partial charge in [-0.3, -0.25) is 4.79 Å². The van der Waals surface area contributed by atoms with Gasteiger partial charge in [0.25, 0.3) is 5.91 Å². The van der Waals surface area contributed by atoms with Crippen molar-refractivity contribution in [1.29, 1.82) is 0 Å². The predicted octanol–water partition coefficient (Wildman–Crippen LogP) is 7.01. The molecule has 0 aliphatic rings. The van der Waals surface area contributed by atoms with Gasteiger partial charge in [-0.25, -0.2) is 9.97 Å². The summed E-state index contributed by atoms with van der Waals surface area (Å²) in [6.45, 7) is 10.4. The number of aromatic nitrogens is 2. The molecule has 4 rings (SSSR count). The molecule has 5 nitrogen and oxygen atoms in total. The number of nitrogens with one attached hydrogen (secondary N) is 1. The minimum absolute atomic E-state index is 0.118. The predicted molar refractivity (Wildman–Crippen MR) is 139 cm³/mol. The lowest BCUT2D eigenvalue weighted by atomic mass is 10.0. The summed E-state index contributed by atoms with van der Waals surface area (Å²) in [7, 11) is 2.01. The van der Waals surface area contributed by atoms with E-state index in [0.29, 0.717) is 16.6 Å². The first-order valence-corrected chi connectivity index (χ1v) is 12.1. The van der Waals surface area contributed by atoms with Crippen LogP contribution in [0.25, 0.3) is 10.2 Å². The molecular weight excluding hydrogens is 428 g/mol. The molecule has 0 atom stereocenters. The average molecular weight is 459 g/mol. The molecule has 2 aromatic carbocycles. The Labute approximate surface area is 199 Å². The molecule has 4 aromatic rings. The van der Waals surface area contributed by atoms with Gasteiger partial charge in [0.05, 0.1) is 10.3 Å². The van der Waals surface area contributed by atoms with Crippen LogP contribution in [0.3, 0.4) is 0 Å². The summed E-state index contributed by atoms with van der Waals surface area (Å²) in [5.74, 6) is 1.87. The second kappa shape index (κ2) is 9.32. The zero-order valence-electron chi connectivity index (χ0n) is 20.1. The van der Waals surface area contributed by atoms with Crippen LogP contribution in [-0.2, 0) is 6.42 Å². The van der Waals surface area contributed by atoms with Gasteiger partial charge < -0.3 is 10.2 Å². The highest BCUT2D eigenvalue weighted by atomic mass is 32.1. The van der Waals surface area contributed by atoms with Crippen molar-refractivity contribution in [2.45, 2.75) is 47.0 Å². The van der Waals surface area contributed by atoms with E-state index in [1.807, 2.05) is 45.2 Å². The fraction of sp³-hybridized carbons (Fsp3) is 0.296. The highest BCUT2D eigenvalue weighted by molar-refractivity contribution is 7.20. The Bertz CT molecular complexity index is 1290. The van der Waals surface area contributed by atoms with E-state index in [0.717, 1.165) is 39.4 Å². The maximum atomic E-state index is 13.1. The van der Waals surface area contributed by atoms with Crippen molar-refractivity contribution in [1.82, 2.24) is 9.97 Å². The van der Waals surface area contributed by atoms with Crippen LogP contribution in [0.4, 0.5) is 17.2 Å². The fourth-order valence-electron chi connectivity index (χ4n) is 3.90. The molecule has 0 aliphatic carbocycles. The van der Waals surface area contributed by atoms with Crippen molar-refractivity contribution in [3.63, 3.8) is 0 Å². The van der Waals surface area contributed by atoms with Gasteiger partial charge in [0, 0.05) is 18.4 Å². The minimum atomic E-state index is -0.118. The van der Waals surface area contributed by atoms with Gasteiger partial charge in [0.1, 0.15) is 16.5 Å². The van der Waals surface area contributed by atoms with Crippen LogP contribution in [0.5, 0.6) is 0 Å². The molecule has 1 N–H and O–H groups in total. The Morgan fingerprint density at radius 1 is 1.03 bits per heavy atom. The van der Waals surface area contributed by atoms with Crippen molar-refractivity contribution in [2.24, 2.45) is 0 Å². The Hall–Kier alpha value is -3.25. The van der Waals surface area contributed by atoms with E-state index < -0.39 is 0 Å². The quantitative estimate of drug-likeness (QED) is 0.337. The zero-order chi connectivity index (χ0) is 23.7. The van der Waals surface area contributed by atoms with E-state index in [2.05, 4.69) is 60.2 Å². The Balaban J connectivity index is 1.70. The molecule has 33 heavy (non-hydrogen) atoms. The summed E-state index contributed by atoms with van der Waals surface area (Å²) in [5.41, 5.74) is 5.28. The Kier molecular flexibility index (Phi) is 6.47. The molecule has 0 saturated heterocycles. The van der Waals surface area contributed by atoms with Crippen molar-refractivity contribution in [3.8, 4) is 0 Å². The van der Waals surface area contributed by atoms with Gasteiger partial charge >= 0.3 is 0 Å². The third-order valence-electron chi connectivity index (χ3n) is 5.97. The van der Waals surface area contributed by atoms with Crippen LogP contribution < -0.4 is 10.2 Å². The third kappa shape index (κ3) is 4.62. The molecule has 170 valence electrons. The van der Waals surface area contributed by atoms with Crippen LogP contribution in [0, 0.1) is 13.8 Å². The molecule has 2 aromatic heterocycles. The highest BCUT2D eigenvalue weighted by Crippen LogP contribution is 2.38. The number of thiophene rings is 1. The number of rotatable bonds is 6. The lowest BCUT2D eigenvalue weighted by Gasteiger charge is -2.20. The van der Waals surface area contributed by atoms with Crippen molar-refractivity contribution >= 4 is 44.7 Å². The fourth-order valence-corrected chi connectivity index (χ4v) is 5.01. The number of carbonyl (C=O) groups is 1. The summed E-state index contributed by atoms with van der Waals surface area (Å²) in [6, 6.07) is 16.5. The van der Waals surface area contributed by atoms with Gasteiger partial charge in [-0.2, -0.15) is 0 Å². The molecule has 0 fully saturated rings. The number of benzene rings is 2. The molecule has 0 unspecified atom stereocenters. The van der Waals surface area contributed by atoms with Crippen LogP contribution in [-0.4, -0.2) is 22.9 Å². The number of fused-ring (bicyclic) bond motifs is 1. The number of hydrogen-bond donors (Lipinski definition) is 1. The highest BCUT2D eigenvalue weighted by Gasteiger charge is 2.22. The number of aryl methyl sites for hydroxylation is 3. The van der Waals surface area contributed by atoms with Crippen LogP contribution in [0.2, 0.25) is 0 Å². The van der Waals surface area contributed by atoms with Crippen molar-refractivity contribution < 1.29 is 4.79 Å². The summed E-state index contributed by atoms with van der Waals surface area (Å²) in [4.78, 5) is 26.1. The minimum Gasteiger partial charge on any atom is -0.329 e. The molecule has 0 bridgehead atoms. The topological polar surface area (TPSA) is 58.1 Å². The van der Waals surface area contributed by atoms with Gasteiger partial charge in [-0.05, 0) is 67.1 Å². The first-order valence-electron chi connectivity index (χ1n) is 11.3. The standard InChI is InChI=1S/C27H30N4OS/c1-7-19-8-12-21(13-9-19)30-26(32)24-17(4)23-25(28-18(5)29-27(23)33-24)31(6)22-14-10-20(11-15-22)16(2)3/h8-16H,7H2,1-6H3,(H,30,32). The first kappa shape index (κ1) is 22.9. The van der Waals surface area contributed by atoms with E-state index in [4.69, 9.17) is 4.98 Å². The van der Waals surface area contributed by atoms with Gasteiger partial charge in [0.15, 0.2) is 0 Å². The molecule has 1 amide bonds. The summed E-state index contributed by atoms with van der Waals surface area (Å²) < 4.78 is 0. The number of carbonyl (C=O) groups excluding carboxylic acids is 1. The second-order valence-electron chi connectivity index (χ2n) is 8.64. The average Bonchev–Trinajstić information content (AvgIpc) is 3.14. The first-order chi connectivity index (χ1) is 15.8. The summed E-state index contributed by atoms with van der Waals surface area (Å²) in [5, 5.41) is 3.96. The number of hydrogen-bond acceptors (Lipinski definition) is 5. The number of nitrogens with zero attached hydrogens (tertiary/aromatic N) is 3. The summed E-state index contributed by atoms with van der Waals surface area (Å²) in [6.07, 6.45) is 0.970. The maximum absolute atomic E-state index is 13.1. The van der Waals surface area contributed by atoms with Gasteiger partial charge in [-0.1, -0.05) is 45.0 Å². The second-order valence-corrected chi connectivity index (χ2v) is 9.64. The number of amides is 1. The van der Waals surface area contributed by atoms with Gasteiger partial charge in [0.2, 0.25) is 0 Å². The number of anilines is 3. The summed E-state index contributed by atoms with van der Waals surface area (Å²) >= 11 is 1.42. The van der Waals surface area contributed by atoms with Crippen LogP contribution >= 0.6 is 11.3 Å². The molecular formula is C27H30N4OS. The molecule has 0 spiro atoms. The Morgan fingerprint density at radius 2 is 1.70 bits per heavy atom. The SMILES string of the molecule is CCc1ccc(NC(=O)c2sc3nc(C)nc(N(C)c4ccc(C(C)C)cc4)c3c2C)cc1. The lowest BCUT2D eigenvalue weighted by Crippen LogP contribution is -2.13. The molecule has 0 radical (unpaired) electrons. The zero-order valence-corrected chi connectivity index (χ0v) is 20.9. The molecule has 0 aliphatic heterocycles. The van der Waals surface area contributed by atoms with E-state index in [-0.39, 0.29) is 5.91 Å². The van der Waals surface area contributed by atoms with Gasteiger partial charge in [-0.15, -0.1) is 11.3 Å². The van der Waals surface area contributed by atoms with E-state index in [1.165, 1.54) is 22.5 Å². The lowest BCUT2D eigenvalue weighted by molar-refractivity contribution is 0.103. The van der Waals surface area contributed by atoms with E-state index in [1.54, 1.807) is 0 Å². The molecule has 6 heteroatoms. The molecule has 0 saturated carbocycles. The Morgan fingerprint density at radius 3 is 2.30 bits per heavy atom. The normalized spacial score (nSPS) is 11.2. The van der Waals surface area contributed by atoms with Crippen molar-refractivity contribution in [3.05, 3.63) is 75.9 Å². The third-order valence-corrected chi connectivity index (χ3v) is 7.16. The smallest absolute Gasteiger partial charge is 0.266 e. The monoisotopic (exact) mass is 458 g/mol. The van der Waals surface area contributed by atoms with Crippen LogP contribution in [0.15, 0.2) is 48.5 Å². The molecule has 2 heterocycles. The van der Waals surface area contributed by atoms with E-state index in [9.17, 15) is 4.79 Å². The van der Waals surface area contributed by atoms with Crippen molar-refractivity contribution in [2.75, 3.05) is 17.3 Å². The van der Waals surface area contributed by atoms with E-state index >= 15 is 0 Å². The van der Waals surface area contributed by atoms with Crippen LogP contribution in [0.1, 0.15) is 58.9 Å².